The van der Waals surface area contributed by atoms with Crippen molar-refractivity contribution >= 4 is 56.7 Å². The molecule has 1 aliphatic heterocycles. The summed E-state index contributed by atoms with van der Waals surface area (Å²) in [7, 11) is 0. The van der Waals surface area contributed by atoms with E-state index in [4.69, 9.17) is 4.74 Å². The first-order valence-electron chi connectivity index (χ1n) is 10.0. The Labute approximate surface area is 191 Å². The van der Waals surface area contributed by atoms with Crippen LogP contribution in [0.4, 0.5) is 4.79 Å². The maximum atomic E-state index is 12.9. The van der Waals surface area contributed by atoms with E-state index in [1.54, 1.807) is 24.6 Å². The normalized spacial score (nSPS) is 18.1. The fourth-order valence-corrected chi connectivity index (χ4v) is 7.07. The first kappa shape index (κ1) is 20.5. The number of hydrogen-bond acceptors (Lipinski definition) is 8. The van der Waals surface area contributed by atoms with Gasteiger partial charge in [-0.2, -0.15) is 0 Å². The molecule has 2 aliphatic rings. The van der Waals surface area contributed by atoms with Crippen molar-refractivity contribution in [3.05, 3.63) is 50.4 Å². The number of thiophene rings is 2. The fraction of sp³-hybridized carbons (Fsp3) is 0.333. The SMILES string of the molecule is CCOC(=O)C1=C(CSc2ncnc3sc4c(c23)CCC4)NC(=O)N[C@H]1c1cccs1. The topological polar surface area (TPSA) is 93.2 Å². The van der Waals surface area contributed by atoms with Gasteiger partial charge in [-0.25, -0.2) is 19.6 Å². The van der Waals surface area contributed by atoms with Gasteiger partial charge in [0.15, 0.2) is 0 Å². The van der Waals surface area contributed by atoms with Gasteiger partial charge >= 0.3 is 12.0 Å². The Bertz CT molecular complexity index is 1190. The van der Waals surface area contributed by atoms with E-state index in [9.17, 15) is 9.59 Å². The van der Waals surface area contributed by atoms with Crippen LogP contribution in [0.5, 0.6) is 0 Å². The van der Waals surface area contributed by atoms with E-state index in [0.717, 1.165) is 33.0 Å². The highest BCUT2D eigenvalue weighted by atomic mass is 32.2. The van der Waals surface area contributed by atoms with Crippen molar-refractivity contribution in [1.29, 1.82) is 0 Å². The number of fused-ring (bicyclic) bond motifs is 3. The molecule has 5 rings (SSSR count). The molecule has 0 bridgehead atoms. The molecule has 0 aromatic carbocycles. The average molecular weight is 473 g/mol. The molecule has 7 nitrogen and oxygen atoms in total. The van der Waals surface area contributed by atoms with Crippen molar-refractivity contribution in [2.75, 3.05) is 12.4 Å². The number of aryl methyl sites for hydroxylation is 2. The van der Waals surface area contributed by atoms with E-state index in [0.29, 0.717) is 17.0 Å². The Hall–Kier alpha value is -2.43. The zero-order valence-electron chi connectivity index (χ0n) is 16.8. The van der Waals surface area contributed by atoms with Crippen molar-refractivity contribution in [3.63, 3.8) is 0 Å². The third-order valence-electron chi connectivity index (χ3n) is 5.30. The predicted octanol–water partition coefficient (Wildman–Crippen LogP) is 4.20. The first-order valence-corrected chi connectivity index (χ1v) is 12.7. The van der Waals surface area contributed by atoms with Crippen molar-refractivity contribution in [2.24, 2.45) is 0 Å². The van der Waals surface area contributed by atoms with Gasteiger partial charge in [-0.15, -0.1) is 22.7 Å². The van der Waals surface area contributed by atoms with Crippen molar-refractivity contribution < 1.29 is 14.3 Å². The number of nitrogens with one attached hydrogen (secondary N) is 2. The highest BCUT2D eigenvalue weighted by molar-refractivity contribution is 7.99. The lowest BCUT2D eigenvalue weighted by molar-refractivity contribution is -0.139. The molecule has 3 aromatic rings. The molecule has 0 radical (unpaired) electrons. The Balaban J connectivity index is 1.51. The number of nitrogens with zero attached hydrogens (tertiary/aromatic N) is 2. The monoisotopic (exact) mass is 472 g/mol. The molecule has 31 heavy (non-hydrogen) atoms. The molecule has 0 spiro atoms. The molecule has 2 amide bonds. The van der Waals surface area contributed by atoms with Gasteiger partial charge in [0.25, 0.3) is 0 Å². The number of thioether (sulfide) groups is 1. The summed E-state index contributed by atoms with van der Waals surface area (Å²) in [6.45, 7) is 2.04. The number of carbonyl (C=O) groups excluding carboxylic acids is 2. The second kappa shape index (κ2) is 8.60. The lowest BCUT2D eigenvalue weighted by Crippen LogP contribution is -2.46. The van der Waals surface area contributed by atoms with Crippen LogP contribution >= 0.6 is 34.4 Å². The Morgan fingerprint density at radius 3 is 3.06 bits per heavy atom. The summed E-state index contributed by atoms with van der Waals surface area (Å²) < 4.78 is 5.33. The van der Waals surface area contributed by atoms with Crippen molar-refractivity contribution in [2.45, 2.75) is 37.3 Å². The molecule has 2 N–H and O–H groups in total. The lowest BCUT2D eigenvalue weighted by Gasteiger charge is -2.28. The fourth-order valence-electron chi connectivity index (χ4n) is 4.00. The second-order valence-corrected chi connectivity index (χ2v) is 10.2. The summed E-state index contributed by atoms with van der Waals surface area (Å²) in [6.07, 6.45) is 4.90. The molecular formula is C21H20N4O3S3. The molecule has 0 unspecified atom stereocenters. The van der Waals surface area contributed by atoms with Gasteiger partial charge in [-0.3, -0.25) is 0 Å². The zero-order valence-corrected chi connectivity index (χ0v) is 19.2. The number of carbonyl (C=O) groups is 2. The summed E-state index contributed by atoms with van der Waals surface area (Å²) in [4.78, 5) is 37.5. The third kappa shape index (κ3) is 3.83. The highest BCUT2D eigenvalue weighted by Gasteiger charge is 2.34. The Morgan fingerprint density at radius 1 is 1.35 bits per heavy atom. The molecule has 1 aliphatic carbocycles. The van der Waals surface area contributed by atoms with Crippen LogP contribution in [-0.4, -0.2) is 34.3 Å². The minimum absolute atomic E-state index is 0.265. The number of amides is 2. The lowest BCUT2D eigenvalue weighted by atomic mass is 10.0. The van der Waals surface area contributed by atoms with Crippen LogP contribution in [0.1, 0.15) is 34.7 Å². The molecule has 4 heterocycles. The Morgan fingerprint density at radius 2 is 2.26 bits per heavy atom. The largest absolute Gasteiger partial charge is 0.463 e. The molecule has 160 valence electrons. The van der Waals surface area contributed by atoms with Gasteiger partial charge in [-0.1, -0.05) is 17.8 Å². The molecular weight excluding hydrogens is 452 g/mol. The second-order valence-electron chi connectivity index (χ2n) is 7.16. The van der Waals surface area contributed by atoms with E-state index in [1.165, 1.54) is 40.0 Å². The van der Waals surface area contributed by atoms with E-state index >= 15 is 0 Å². The molecule has 3 aromatic heterocycles. The number of rotatable bonds is 6. The van der Waals surface area contributed by atoms with Crippen molar-refractivity contribution in [1.82, 2.24) is 20.6 Å². The maximum Gasteiger partial charge on any atom is 0.338 e. The maximum absolute atomic E-state index is 12.9. The minimum atomic E-state index is -0.529. The van der Waals surface area contributed by atoms with Crippen LogP contribution in [0.2, 0.25) is 0 Å². The summed E-state index contributed by atoms with van der Waals surface area (Å²) in [5.41, 5.74) is 2.36. The van der Waals surface area contributed by atoms with Crippen molar-refractivity contribution in [3.8, 4) is 0 Å². The first-order chi connectivity index (χ1) is 15.2. The van der Waals surface area contributed by atoms with E-state index in [-0.39, 0.29) is 12.6 Å². The van der Waals surface area contributed by atoms with E-state index in [2.05, 4.69) is 20.6 Å². The number of ether oxygens (including phenoxy) is 1. The molecule has 10 heteroatoms. The standard InChI is InChI=1S/C21H20N4O3S3/c1-2-28-20(26)16-12(24-21(27)25-17(16)14-7-4-8-29-14)9-30-18-15-11-5-3-6-13(11)31-19(15)23-10-22-18/h4,7-8,10,17H,2-3,5-6,9H2,1H3,(H2,24,25,27)/t17-/m0/s1. The summed E-state index contributed by atoms with van der Waals surface area (Å²) in [5.74, 6) is -0.0200. The molecule has 0 saturated carbocycles. The smallest absolute Gasteiger partial charge is 0.338 e. The quantitative estimate of drug-likeness (QED) is 0.317. The summed E-state index contributed by atoms with van der Waals surface area (Å²) >= 11 is 4.76. The molecule has 1 atom stereocenters. The van der Waals surface area contributed by atoms with Crippen LogP contribution in [0, 0.1) is 0 Å². The van der Waals surface area contributed by atoms with Gasteiger partial charge in [0.05, 0.1) is 18.2 Å². The van der Waals surface area contributed by atoms with Gasteiger partial charge in [0.1, 0.15) is 16.2 Å². The van der Waals surface area contributed by atoms with E-state index < -0.39 is 12.0 Å². The minimum Gasteiger partial charge on any atom is -0.463 e. The van der Waals surface area contributed by atoms with Crippen LogP contribution in [0.3, 0.4) is 0 Å². The average Bonchev–Trinajstić information content (AvgIpc) is 3.49. The number of hydrogen-bond donors (Lipinski definition) is 2. The zero-order chi connectivity index (χ0) is 21.4. The molecule has 0 fully saturated rings. The number of esters is 1. The van der Waals surface area contributed by atoms with Crippen LogP contribution in [-0.2, 0) is 22.4 Å². The molecule has 0 saturated heterocycles. The van der Waals surface area contributed by atoms with Crippen LogP contribution in [0.25, 0.3) is 10.2 Å². The summed E-state index contributed by atoms with van der Waals surface area (Å²) in [6, 6.07) is 2.96. The van der Waals surface area contributed by atoms with Gasteiger partial charge in [0.2, 0.25) is 0 Å². The van der Waals surface area contributed by atoms with Gasteiger partial charge < -0.3 is 15.4 Å². The predicted molar refractivity (Wildman–Crippen MR) is 123 cm³/mol. The van der Waals surface area contributed by atoms with Gasteiger partial charge in [0, 0.05) is 26.6 Å². The Kier molecular flexibility index (Phi) is 5.68. The van der Waals surface area contributed by atoms with E-state index in [1.807, 2.05) is 17.5 Å². The van der Waals surface area contributed by atoms with Crippen LogP contribution in [0.15, 0.2) is 40.1 Å². The third-order valence-corrected chi connectivity index (χ3v) is 8.45. The summed E-state index contributed by atoms with van der Waals surface area (Å²) in [5, 5.41) is 9.64. The number of urea groups is 1. The van der Waals surface area contributed by atoms with Gasteiger partial charge in [-0.05, 0) is 43.2 Å². The van der Waals surface area contributed by atoms with Crippen LogP contribution < -0.4 is 10.6 Å². The number of aromatic nitrogens is 2. The highest BCUT2D eigenvalue weighted by Crippen LogP contribution is 2.41.